The van der Waals surface area contributed by atoms with Crippen molar-refractivity contribution in [1.82, 2.24) is 0 Å². The van der Waals surface area contributed by atoms with Crippen LogP contribution in [0.1, 0.15) is 5.56 Å². The second kappa shape index (κ2) is 5.87. The molecule has 0 aliphatic heterocycles. The second-order valence-corrected chi connectivity index (χ2v) is 3.75. The topological polar surface area (TPSA) is 22.3 Å². The van der Waals surface area contributed by atoms with Crippen LogP contribution in [0.2, 0.25) is 0 Å². The Morgan fingerprint density at radius 2 is 1.67 bits per heavy atom. The number of nitrogens with zero attached hydrogens (tertiary/aromatic N) is 1. The number of benzene rings is 1. The third-order valence-corrected chi connectivity index (χ3v) is 2.59. The lowest BCUT2D eigenvalue weighted by Crippen LogP contribution is -2.23. The first kappa shape index (κ1) is 12.2. The number of aromatic nitrogens is 1. The zero-order chi connectivity index (χ0) is 12.8. The Bertz CT molecular complexity index is 535. The average Bonchev–Trinajstić information content (AvgIpc) is 2.45. The number of ether oxygens (including phenoxy) is 2. The van der Waals surface area contributed by atoms with E-state index in [9.17, 15) is 0 Å². The van der Waals surface area contributed by atoms with E-state index in [-0.39, 0.29) is 0 Å². The van der Waals surface area contributed by atoms with Crippen molar-refractivity contribution in [1.29, 1.82) is 0 Å². The summed E-state index contributed by atoms with van der Waals surface area (Å²) in [6.07, 6.45) is 7.97. The van der Waals surface area contributed by atoms with Crippen LogP contribution in [0.4, 0.5) is 0 Å². The molecule has 0 N–H and O–H groups in total. The number of rotatable bonds is 4. The molecule has 0 radical (unpaired) electrons. The predicted molar refractivity (Wildman–Crippen MR) is 71.4 cm³/mol. The summed E-state index contributed by atoms with van der Waals surface area (Å²) in [5.41, 5.74) is 1.06. The van der Waals surface area contributed by atoms with E-state index in [1.165, 1.54) is 0 Å². The van der Waals surface area contributed by atoms with Crippen molar-refractivity contribution in [2.45, 2.75) is 0 Å². The summed E-state index contributed by atoms with van der Waals surface area (Å²) in [7, 11) is 3.27. The van der Waals surface area contributed by atoms with Gasteiger partial charge in [0.2, 0.25) is 0 Å². The molecule has 18 heavy (non-hydrogen) atoms. The van der Waals surface area contributed by atoms with Gasteiger partial charge in [0.15, 0.2) is 30.1 Å². The van der Waals surface area contributed by atoms with Crippen molar-refractivity contribution in [2.75, 3.05) is 14.2 Å². The highest BCUT2D eigenvalue weighted by Crippen LogP contribution is 2.27. The standard InChI is InChI=1S/C15H16NO2/c1-17-14-7-6-13(12-15(14)18-2)8-11-16-9-4-3-5-10-16/h3-12H,1-2H3/q+1. The predicted octanol–water partition coefficient (Wildman–Crippen LogP) is 2.62. The molecule has 1 aromatic carbocycles. The van der Waals surface area contributed by atoms with Crippen LogP contribution in [-0.2, 0) is 0 Å². The van der Waals surface area contributed by atoms with E-state index in [1.54, 1.807) is 14.2 Å². The van der Waals surface area contributed by atoms with Crippen molar-refractivity contribution in [3.8, 4) is 11.5 Å². The second-order valence-electron chi connectivity index (χ2n) is 3.75. The third kappa shape index (κ3) is 2.88. The first-order valence-electron chi connectivity index (χ1n) is 5.69. The Labute approximate surface area is 107 Å². The van der Waals surface area contributed by atoms with Crippen LogP contribution in [0.5, 0.6) is 11.5 Å². The third-order valence-electron chi connectivity index (χ3n) is 2.59. The smallest absolute Gasteiger partial charge is 0.175 e. The Kier molecular flexibility index (Phi) is 3.97. The van der Waals surface area contributed by atoms with Crippen molar-refractivity contribution >= 4 is 12.3 Å². The molecule has 0 saturated carbocycles. The molecular weight excluding hydrogens is 226 g/mol. The summed E-state index contributed by atoms with van der Waals surface area (Å²) in [5, 5.41) is 0. The lowest BCUT2D eigenvalue weighted by atomic mass is 10.2. The van der Waals surface area contributed by atoms with E-state index >= 15 is 0 Å². The fourth-order valence-corrected chi connectivity index (χ4v) is 1.64. The zero-order valence-electron chi connectivity index (χ0n) is 10.5. The first-order chi connectivity index (χ1) is 8.83. The molecule has 1 aromatic heterocycles. The van der Waals surface area contributed by atoms with Crippen molar-refractivity contribution in [2.24, 2.45) is 0 Å². The summed E-state index contributed by atoms with van der Waals surface area (Å²) in [6.45, 7) is 0. The number of pyridine rings is 1. The maximum absolute atomic E-state index is 5.26. The molecule has 0 aliphatic carbocycles. The van der Waals surface area contributed by atoms with Gasteiger partial charge in [0.05, 0.1) is 14.2 Å². The molecule has 0 amide bonds. The van der Waals surface area contributed by atoms with Crippen LogP contribution < -0.4 is 14.0 Å². The molecule has 0 bridgehead atoms. The zero-order valence-corrected chi connectivity index (χ0v) is 10.5. The van der Waals surface area contributed by atoms with Crippen molar-refractivity contribution in [3.63, 3.8) is 0 Å². The van der Waals surface area contributed by atoms with Gasteiger partial charge >= 0.3 is 0 Å². The SMILES string of the molecule is COc1ccc(C=C[n+]2ccccc2)cc1OC. The summed E-state index contributed by atoms with van der Waals surface area (Å²) < 4.78 is 12.4. The molecule has 0 unspecified atom stereocenters. The first-order valence-corrected chi connectivity index (χ1v) is 5.69. The Morgan fingerprint density at radius 1 is 0.944 bits per heavy atom. The quantitative estimate of drug-likeness (QED) is 0.769. The van der Waals surface area contributed by atoms with E-state index in [4.69, 9.17) is 9.47 Å². The molecule has 1 heterocycles. The Balaban J connectivity index is 2.22. The van der Waals surface area contributed by atoms with Crippen LogP contribution in [0.3, 0.4) is 0 Å². The Morgan fingerprint density at radius 3 is 2.33 bits per heavy atom. The molecule has 0 spiro atoms. The molecule has 0 aliphatic rings. The largest absolute Gasteiger partial charge is 0.493 e. The minimum atomic E-state index is 0.734. The molecule has 2 aromatic rings. The van der Waals surface area contributed by atoms with E-state index in [1.807, 2.05) is 65.6 Å². The monoisotopic (exact) mass is 242 g/mol. The van der Waals surface area contributed by atoms with Gasteiger partial charge in [0.1, 0.15) is 0 Å². The maximum Gasteiger partial charge on any atom is 0.175 e. The number of hydrogen-bond donors (Lipinski definition) is 0. The van der Waals surface area contributed by atoms with Crippen molar-refractivity contribution < 1.29 is 14.0 Å². The van der Waals surface area contributed by atoms with Crippen LogP contribution in [0.25, 0.3) is 12.3 Å². The van der Waals surface area contributed by atoms with Crippen LogP contribution >= 0.6 is 0 Å². The summed E-state index contributed by atoms with van der Waals surface area (Å²) in [4.78, 5) is 0. The molecular formula is C15H16NO2+. The highest BCUT2D eigenvalue weighted by molar-refractivity contribution is 5.60. The van der Waals surface area contributed by atoms with Gasteiger partial charge in [-0.25, -0.2) is 0 Å². The number of methoxy groups -OCH3 is 2. The van der Waals surface area contributed by atoms with E-state index < -0.39 is 0 Å². The normalized spacial score (nSPS) is 10.6. The van der Waals surface area contributed by atoms with Crippen LogP contribution in [0, 0.1) is 0 Å². The molecule has 0 atom stereocenters. The van der Waals surface area contributed by atoms with Gasteiger partial charge in [-0.1, -0.05) is 12.1 Å². The molecule has 3 heteroatoms. The Hall–Kier alpha value is -2.29. The van der Waals surface area contributed by atoms with Gasteiger partial charge in [-0.05, 0) is 17.7 Å². The minimum Gasteiger partial charge on any atom is -0.493 e. The minimum absolute atomic E-state index is 0.734. The van der Waals surface area contributed by atoms with Gasteiger partial charge < -0.3 is 9.47 Å². The van der Waals surface area contributed by atoms with E-state index in [2.05, 4.69) is 0 Å². The molecule has 3 nitrogen and oxygen atoms in total. The van der Waals surface area contributed by atoms with Crippen LogP contribution in [0.15, 0.2) is 48.8 Å². The van der Waals surface area contributed by atoms with Gasteiger partial charge in [-0.15, -0.1) is 0 Å². The fraction of sp³-hybridized carbons (Fsp3) is 0.133. The summed E-state index contributed by atoms with van der Waals surface area (Å²) in [6, 6.07) is 11.8. The number of hydrogen-bond acceptors (Lipinski definition) is 2. The van der Waals surface area contributed by atoms with Gasteiger partial charge in [-0.2, -0.15) is 4.57 Å². The fourth-order valence-electron chi connectivity index (χ4n) is 1.64. The molecule has 0 saturated heterocycles. The maximum atomic E-state index is 5.26. The van der Waals surface area contributed by atoms with Gasteiger partial charge in [0.25, 0.3) is 0 Å². The highest BCUT2D eigenvalue weighted by atomic mass is 16.5. The van der Waals surface area contributed by atoms with Crippen LogP contribution in [-0.4, -0.2) is 14.2 Å². The average molecular weight is 242 g/mol. The summed E-state index contributed by atoms with van der Waals surface area (Å²) in [5.74, 6) is 1.47. The summed E-state index contributed by atoms with van der Waals surface area (Å²) >= 11 is 0. The van der Waals surface area contributed by atoms with Gasteiger partial charge in [-0.3, -0.25) is 0 Å². The van der Waals surface area contributed by atoms with E-state index in [0.717, 1.165) is 17.1 Å². The lowest BCUT2D eigenvalue weighted by molar-refractivity contribution is -0.567. The lowest BCUT2D eigenvalue weighted by Gasteiger charge is -2.07. The highest BCUT2D eigenvalue weighted by Gasteiger charge is 2.03. The van der Waals surface area contributed by atoms with E-state index in [0.29, 0.717) is 0 Å². The van der Waals surface area contributed by atoms with Gasteiger partial charge in [0, 0.05) is 18.2 Å². The van der Waals surface area contributed by atoms with Crippen molar-refractivity contribution in [3.05, 3.63) is 54.4 Å². The molecule has 92 valence electrons. The molecule has 0 fully saturated rings. The molecule has 2 rings (SSSR count).